The van der Waals surface area contributed by atoms with Crippen LogP contribution in [0.2, 0.25) is 0 Å². The third-order valence-corrected chi connectivity index (χ3v) is 3.55. The Hall–Kier alpha value is -1.92. The predicted octanol–water partition coefficient (Wildman–Crippen LogP) is 3.92. The highest BCUT2D eigenvalue weighted by Gasteiger charge is 1.96. The van der Waals surface area contributed by atoms with Crippen LogP contribution in [0, 0.1) is 11.3 Å². The van der Waals surface area contributed by atoms with Crippen LogP contribution in [-0.4, -0.2) is 12.4 Å². The number of hydrogen-bond acceptors (Lipinski definition) is 3. The minimum absolute atomic E-state index is 0.449. The molecule has 0 atom stereocenters. The summed E-state index contributed by atoms with van der Waals surface area (Å²) in [5.41, 5.74) is 1.02. The molecular weight excluding hydrogens is 254 g/mol. The van der Waals surface area contributed by atoms with Gasteiger partial charge in [0.25, 0.3) is 0 Å². The molecule has 0 N–H and O–H groups in total. The Morgan fingerprint density at radius 2 is 1.74 bits per heavy atom. The Labute approximate surface area is 118 Å². The molecule has 0 radical (unpaired) electrons. The first-order chi connectivity index (χ1) is 9.38. The third-order valence-electron chi connectivity index (χ3n) is 2.57. The molecular formula is C16H15NOS. The first kappa shape index (κ1) is 13.5. The van der Waals surface area contributed by atoms with E-state index in [-0.39, 0.29) is 0 Å². The molecule has 0 bridgehead atoms. The number of benzene rings is 2. The molecule has 0 heterocycles. The Morgan fingerprint density at radius 1 is 1.00 bits per heavy atom. The lowest BCUT2D eigenvalue weighted by atomic mass is 10.2. The van der Waals surface area contributed by atoms with E-state index in [1.165, 1.54) is 4.90 Å². The van der Waals surface area contributed by atoms with E-state index in [0.29, 0.717) is 13.0 Å². The van der Waals surface area contributed by atoms with Crippen LogP contribution < -0.4 is 4.74 Å². The zero-order chi connectivity index (χ0) is 13.3. The van der Waals surface area contributed by atoms with E-state index in [9.17, 15) is 0 Å². The number of nitriles is 1. The summed E-state index contributed by atoms with van der Waals surface area (Å²) in [6.07, 6.45) is 0.449. The largest absolute Gasteiger partial charge is 0.493 e. The van der Waals surface area contributed by atoms with Gasteiger partial charge in [0.15, 0.2) is 0 Å². The Morgan fingerprint density at radius 3 is 2.42 bits per heavy atom. The van der Waals surface area contributed by atoms with Crippen LogP contribution >= 0.6 is 11.8 Å². The second-order valence-electron chi connectivity index (χ2n) is 3.99. The number of ether oxygens (including phenoxy) is 1. The Balaban J connectivity index is 1.72. The molecule has 0 saturated heterocycles. The van der Waals surface area contributed by atoms with E-state index in [4.69, 9.17) is 10.00 Å². The number of rotatable bonds is 6. The van der Waals surface area contributed by atoms with Crippen molar-refractivity contribution in [2.24, 2.45) is 0 Å². The van der Waals surface area contributed by atoms with Crippen molar-refractivity contribution in [2.45, 2.75) is 11.3 Å². The molecule has 0 fully saturated rings. The van der Waals surface area contributed by atoms with Gasteiger partial charge in [0.2, 0.25) is 0 Å². The van der Waals surface area contributed by atoms with Gasteiger partial charge in [-0.25, -0.2) is 0 Å². The highest BCUT2D eigenvalue weighted by Crippen LogP contribution is 2.17. The van der Waals surface area contributed by atoms with Gasteiger partial charge in [0.05, 0.1) is 19.1 Å². The molecule has 0 aliphatic heterocycles. The zero-order valence-corrected chi connectivity index (χ0v) is 11.4. The summed E-state index contributed by atoms with van der Waals surface area (Å²) in [5.74, 6) is 1.78. The van der Waals surface area contributed by atoms with Gasteiger partial charge in [-0.2, -0.15) is 5.26 Å². The monoisotopic (exact) mass is 269 g/mol. The molecule has 0 unspecified atom stereocenters. The standard InChI is InChI=1S/C16H15NOS/c17-11-10-14-6-8-15(9-7-14)18-12-13-19-16-4-2-1-3-5-16/h1-9H,10,12-13H2. The highest BCUT2D eigenvalue weighted by atomic mass is 32.2. The van der Waals surface area contributed by atoms with Crippen LogP contribution in [0.1, 0.15) is 5.56 Å². The molecule has 19 heavy (non-hydrogen) atoms. The van der Waals surface area contributed by atoms with E-state index < -0.39 is 0 Å². The van der Waals surface area contributed by atoms with Crippen LogP contribution in [0.3, 0.4) is 0 Å². The summed E-state index contributed by atoms with van der Waals surface area (Å²) in [6.45, 7) is 0.678. The van der Waals surface area contributed by atoms with Crippen LogP contribution in [0.15, 0.2) is 59.5 Å². The van der Waals surface area contributed by atoms with Crippen LogP contribution in [0.4, 0.5) is 0 Å². The van der Waals surface area contributed by atoms with E-state index >= 15 is 0 Å². The number of hydrogen-bond donors (Lipinski definition) is 0. The van der Waals surface area contributed by atoms with Gasteiger partial charge in [0.1, 0.15) is 5.75 Å². The fraction of sp³-hybridized carbons (Fsp3) is 0.188. The second-order valence-corrected chi connectivity index (χ2v) is 5.16. The summed E-state index contributed by atoms with van der Waals surface area (Å²) in [6, 6.07) is 20.1. The van der Waals surface area contributed by atoms with E-state index in [1.807, 2.05) is 42.5 Å². The molecule has 2 aromatic rings. The molecule has 0 aliphatic rings. The fourth-order valence-corrected chi connectivity index (χ4v) is 2.38. The van der Waals surface area contributed by atoms with Crippen molar-refractivity contribution in [3.8, 4) is 11.8 Å². The molecule has 0 aliphatic carbocycles. The van der Waals surface area contributed by atoms with Crippen LogP contribution in [0.5, 0.6) is 5.75 Å². The fourth-order valence-electron chi connectivity index (χ4n) is 1.63. The first-order valence-electron chi connectivity index (χ1n) is 6.15. The summed E-state index contributed by atoms with van der Waals surface area (Å²) >= 11 is 1.78. The predicted molar refractivity (Wildman–Crippen MR) is 78.4 cm³/mol. The van der Waals surface area contributed by atoms with Gasteiger partial charge in [-0.3, -0.25) is 0 Å². The zero-order valence-electron chi connectivity index (χ0n) is 10.6. The van der Waals surface area contributed by atoms with Gasteiger partial charge < -0.3 is 4.74 Å². The van der Waals surface area contributed by atoms with E-state index in [0.717, 1.165) is 17.1 Å². The molecule has 2 aromatic carbocycles. The molecule has 2 rings (SSSR count). The van der Waals surface area contributed by atoms with Crippen molar-refractivity contribution in [1.29, 1.82) is 5.26 Å². The maximum Gasteiger partial charge on any atom is 0.119 e. The topological polar surface area (TPSA) is 33.0 Å². The average Bonchev–Trinajstić information content (AvgIpc) is 2.47. The first-order valence-corrected chi connectivity index (χ1v) is 7.13. The lowest BCUT2D eigenvalue weighted by Gasteiger charge is -2.06. The number of thioether (sulfide) groups is 1. The SMILES string of the molecule is N#CCc1ccc(OCCSc2ccccc2)cc1. The van der Waals surface area contributed by atoms with Crippen LogP contribution in [0.25, 0.3) is 0 Å². The van der Waals surface area contributed by atoms with Gasteiger partial charge in [-0.15, -0.1) is 11.8 Å². The Bertz CT molecular complexity index is 531. The molecule has 0 aromatic heterocycles. The minimum atomic E-state index is 0.449. The van der Waals surface area contributed by atoms with Crippen molar-refractivity contribution < 1.29 is 4.74 Å². The summed E-state index contributed by atoms with van der Waals surface area (Å²) < 4.78 is 5.66. The summed E-state index contributed by atoms with van der Waals surface area (Å²) in [7, 11) is 0. The summed E-state index contributed by atoms with van der Waals surface area (Å²) in [4.78, 5) is 1.26. The quantitative estimate of drug-likeness (QED) is 0.588. The number of nitrogens with zero attached hydrogens (tertiary/aromatic N) is 1. The average molecular weight is 269 g/mol. The summed E-state index contributed by atoms with van der Waals surface area (Å²) in [5, 5.41) is 8.59. The van der Waals surface area contributed by atoms with Crippen molar-refractivity contribution in [1.82, 2.24) is 0 Å². The highest BCUT2D eigenvalue weighted by molar-refractivity contribution is 7.99. The van der Waals surface area contributed by atoms with E-state index in [1.54, 1.807) is 11.8 Å². The van der Waals surface area contributed by atoms with Crippen molar-refractivity contribution in [3.05, 3.63) is 60.2 Å². The third kappa shape index (κ3) is 4.69. The maximum atomic E-state index is 8.59. The van der Waals surface area contributed by atoms with E-state index in [2.05, 4.69) is 18.2 Å². The molecule has 3 heteroatoms. The lowest BCUT2D eigenvalue weighted by molar-refractivity contribution is 0.344. The molecule has 0 spiro atoms. The minimum Gasteiger partial charge on any atom is -0.493 e. The molecule has 96 valence electrons. The second kappa shape index (κ2) is 7.50. The molecule has 0 amide bonds. The van der Waals surface area contributed by atoms with Crippen molar-refractivity contribution >= 4 is 11.8 Å². The van der Waals surface area contributed by atoms with Crippen molar-refractivity contribution in [2.75, 3.05) is 12.4 Å². The maximum absolute atomic E-state index is 8.59. The van der Waals surface area contributed by atoms with Gasteiger partial charge in [-0.05, 0) is 29.8 Å². The molecule has 0 saturated carbocycles. The smallest absolute Gasteiger partial charge is 0.119 e. The Kier molecular flexibility index (Phi) is 5.33. The van der Waals surface area contributed by atoms with Crippen molar-refractivity contribution in [3.63, 3.8) is 0 Å². The lowest BCUT2D eigenvalue weighted by Crippen LogP contribution is -2.00. The van der Waals surface area contributed by atoms with Crippen LogP contribution in [-0.2, 0) is 6.42 Å². The van der Waals surface area contributed by atoms with Gasteiger partial charge in [0, 0.05) is 10.6 Å². The van der Waals surface area contributed by atoms with Gasteiger partial charge >= 0.3 is 0 Å². The normalized spacial score (nSPS) is 9.84. The van der Waals surface area contributed by atoms with Gasteiger partial charge in [-0.1, -0.05) is 30.3 Å². The molecule has 2 nitrogen and oxygen atoms in total.